The van der Waals surface area contributed by atoms with E-state index in [1.54, 1.807) is 0 Å². The van der Waals surface area contributed by atoms with Crippen molar-refractivity contribution >= 4 is 21.8 Å². The Morgan fingerprint density at radius 2 is 1.26 bits per heavy atom. The number of para-hydroxylation sites is 1. The lowest BCUT2D eigenvalue weighted by Gasteiger charge is -2.12. The maximum atomic E-state index is 14.0. The van der Waals surface area contributed by atoms with Crippen molar-refractivity contribution < 1.29 is 0 Å². The molecule has 0 atom stereocenters. The van der Waals surface area contributed by atoms with E-state index in [-0.39, 0.29) is 5.56 Å². The number of benzene rings is 4. The van der Waals surface area contributed by atoms with Crippen LogP contribution in [0.3, 0.4) is 0 Å². The van der Waals surface area contributed by atoms with E-state index in [1.807, 2.05) is 127 Å². The van der Waals surface area contributed by atoms with Gasteiger partial charge in [-0.05, 0) is 37.3 Å². The topological polar surface area (TPSA) is 65.6 Å². The summed E-state index contributed by atoms with van der Waals surface area (Å²) in [4.78, 5) is 18.7. The highest BCUT2D eigenvalue weighted by Crippen LogP contribution is 2.36. The lowest BCUT2D eigenvalue weighted by molar-refractivity contribution is 0.819. The minimum Gasteiger partial charge on any atom is -0.265 e. The highest BCUT2D eigenvalue weighted by molar-refractivity contribution is 6.03. The van der Waals surface area contributed by atoms with Crippen molar-refractivity contribution in [3.05, 3.63) is 137 Å². The molecule has 7 rings (SSSR count). The molecule has 0 fully saturated rings. The molecule has 6 nitrogen and oxygen atoms in total. The Morgan fingerprint density at radius 1 is 0.615 bits per heavy atom. The number of nitrogens with zero attached hydrogens (tertiary/aromatic N) is 5. The zero-order valence-corrected chi connectivity index (χ0v) is 21.2. The fourth-order valence-corrected chi connectivity index (χ4v) is 5.02. The van der Waals surface area contributed by atoms with Crippen LogP contribution in [0.5, 0.6) is 0 Å². The van der Waals surface area contributed by atoms with Gasteiger partial charge in [0.15, 0.2) is 5.52 Å². The molecule has 4 aromatic carbocycles. The molecule has 3 aromatic heterocycles. The molecule has 0 aliphatic carbocycles. The van der Waals surface area contributed by atoms with Crippen LogP contribution in [0.25, 0.3) is 55.7 Å². The number of aryl methyl sites for hydroxylation is 1. The molecule has 0 saturated heterocycles. The zero-order chi connectivity index (χ0) is 26.3. The Kier molecular flexibility index (Phi) is 5.37. The number of fused-ring (bicyclic) bond motifs is 2. The van der Waals surface area contributed by atoms with Crippen molar-refractivity contribution in [1.82, 2.24) is 24.5 Å². The first kappa shape index (κ1) is 22.8. The smallest absolute Gasteiger partial charge is 0.265 e. The standard InChI is InChI=1S/C33H23N5O/c1-22-17-18-23-19-20-27(21-28(23)34-22)37-32(25-13-7-3-8-14-25)29-30(24-11-5-2-6-12-24)35-38(33(39)31(29)36-37)26-15-9-4-10-16-26/h2-21H,1H3. The van der Waals surface area contributed by atoms with E-state index in [1.165, 1.54) is 4.68 Å². The molecule has 0 bridgehead atoms. The van der Waals surface area contributed by atoms with E-state index in [9.17, 15) is 4.79 Å². The molecule has 39 heavy (non-hydrogen) atoms. The van der Waals surface area contributed by atoms with Crippen LogP contribution in [0.4, 0.5) is 0 Å². The molecule has 0 N–H and O–H groups in total. The SMILES string of the molecule is Cc1ccc2ccc(-n3nc4c(=O)n(-c5ccccc5)nc(-c5ccccc5)c4c3-c3ccccc3)cc2n1. The Labute approximate surface area is 224 Å². The molecular formula is C33H23N5O. The van der Waals surface area contributed by atoms with E-state index in [0.29, 0.717) is 22.3 Å². The van der Waals surface area contributed by atoms with Gasteiger partial charge in [0.05, 0.1) is 28.0 Å². The van der Waals surface area contributed by atoms with Gasteiger partial charge in [-0.25, -0.2) is 4.68 Å². The predicted molar refractivity (Wildman–Crippen MR) is 155 cm³/mol. The average molecular weight is 506 g/mol. The molecule has 0 saturated carbocycles. The summed E-state index contributed by atoms with van der Waals surface area (Å²) in [5.74, 6) is 0. The van der Waals surface area contributed by atoms with Gasteiger partial charge in [-0.1, -0.05) is 91.0 Å². The van der Waals surface area contributed by atoms with Crippen LogP contribution in [0.15, 0.2) is 126 Å². The van der Waals surface area contributed by atoms with Crippen LogP contribution >= 0.6 is 0 Å². The van der Waals surface area contributed by atoms with Gasteiger partial charge in [0.2, 0.25) is 0 Å². The van der Waals surface area contributed by atoms with Crippen molar-refractivity contribution in [3.63, 3.8) is 0 Å². The number of rotatable bonds is 4. The number of pyridine rings is 1. The zero-order valence-electron chi connectivity index (χ0n) is 21.2. The molecule has 7 aromatic rings. The van der Waals surface area contributed by atoms with Crippen LogP contribution in [-0.4, -0.2) is 24.5 Å². The summed E-state index contributed by atoms with van der Waals surface area (Å²) < 4.78 is 3.30. The molecule has 0 spiro atoms. The summed E-state index contributed by atoms with van der Waals surface area (Å²) in [6, 6.07) is 39.6. The third-order valence-corrected chi connectivity index (χ3v) is 6.87. The number of aromatic nitrogens is 5. The van der Waals surface area contributed by atoms with Crippen molar-refractivity contribution in [2.45, 2.75) is 6.92 Å². The van der Waals surface area contributed by atoms with Gasteiger partial charge in [0.1, 0.15) is 5.69 Å². The molecule has 0 aliphatic rings. The fraction of sp³-hybridized carbons (Fsp3) is 0.0303. The third kappa shape index (κ3) is 3.90. The minimum atomic E-state index is -0.276. The Morgan fingerprint density at radius 3 is 1.97 bits per heavy atom. The number of hydrogen-bond donors (Lipinski definition) is 0. The maximum Gasteiger partial charge on any atom is 0.299 e. The lowest BCUT2D eigenvalue weighted by Crippen LogP contribution is -2.22. The third-order valence-electron chi connectivity index (χ3n) is 6.87. The largest absolute Gasteiger partial charge is 0.299 e. The van der Waals surface area contributed by atoms with E-state index < -0.39 is 0 Å². The second-order valence-electron chi connectivity index (χ2n) is 9.45. The monoisotopic (exact) mass is 505 g/mol. The summed E-state index contributed by atoms with van der Waals surface area (Å²) in [7, 11) is 0. The van der Waals surface area contributed by atoms with E-state index >= 15 is 0 Å². The summed E-state index contributed by atoms with van der Waals surface area (Å²) in [6.07, 6.45) is 0. The summed E-state index contributed by atoms with van der Waals surface area (Å²) >= 11 is 0. The van der Waals surface area contributed by atoms with E-state index in [4.69, 9.17) is 15.2 Å². The number of hydrogen-bond acceptors (Lipinski definition) is 4. The van der Waals surface area contributed by atoms with Crippen molar-refractivity contribution in [2.24, 2.45) is 0 Å². The predicted octanol–water partition coefficient (Wildman–Crippen LogP) is 6.76. The Hall–Kier alpha value is -5.36. The van der Waals surface area contributed by atoms with E-state index in [2.05, 4.69) is 6.07 Å². The van der Waals surface area contributed by atoms with Gasteiger partial charge in [0.25, 0.3) is 5.56 Å². The first-order valence-corrected chi connectivity index (χ1v) is 12.8. The first-order valence-electron chi connectivity index (χ1n) is 12.8. The maximum absolute atomic E-state index is 14.0. The normalized spacial score (nSPS) is 11.3. The molecule has 0 amide bonds. The van der Waals surface area contributed by atoms with Gasteiger partial charge in [-0.15, -0.1) is 0 Å². The Bertz CT molecular complexity index is 2030. The van der Waals surface area contributed by atoms with Crippen molar-refractivity contribution in [3.8, 4) is 33.9 Å². The second-order valence-corrected chi connectivity index (χ2v) is 9.45. The highest BCUT2D eigenvalue weighted by atomic mass is 16.1. The second kappa shape index (κ2) is 9.19. The van der Waals surface area contributed by atoms with Crippen LogP contribution in [0.1, 0.15) is 5.69 Å². The fourth-order valence-electron chi connectivity index (χ4n) is 5.02. The molecule has 0 unspecified atom stereocenters. The first-order chi connectivity index (χ1) is 19.2. The van der Waals surface area contributed by atoms with Gasteiger partial charge in [-0.3, -0.25) is 9.78 Å². The minimum absolute atomic E-state index is 0.276. The summed E-state index contributed by atoms with van der Waals surface area (Å²) in [5, 5.41) is 11.7. The van der Waals surface area contributed by atoms with Crippen LogP contribution in [-0.2, 0) is 0 Å². The van der Waals surface area contributed by atoms with Gasteiger partial charge >= 0.3 is 0 Å². The van der Waals surface area contributed by atoms with E-state index in [0.717, 1.165) is 39.1 Å². The molecule has 0 radical (unpaired) electrons. The molecule has 186 valence electrons. The summed E-state index contributed by atoms with van der Waals surface area (Å²) in [5.41, 5.74) is 6.72. The van der Waals surface area contributed by atoms with Gasteiger partial charge < -0.3 is 0 Å². The lowest BCUT2D eigenvalue weighted by atomic mass is 10.0. The molecule has 0 aliphatic heterocycles. The van der Waals surface area contributed by atoms with Crippen molar-refractivity contribution in [1.29, 1.82) is 0 Å². The van der Waals surface area contributed by atoms with Crippen molar-refractivity contribution in [2.75, 3.05) is 0 Å². The van der Waals surface area contributed by atoms with Gasteiger partial charge in [-0.2, -0.15) is 14.9 Å². The average Bonchev–Trinajstić information content (AvgIpc) is 3.40. The van der Waals surface area contributed by atoms with Crippen LogP contribution in [0, 0.1) is 6.92 Å². The molecule has 3 heterocycles. The van der Waals surface area contributed by atoms with Crippen LogP contribution in [0.2, 0.25) is 0 Å². The molecule has 6 heteroatoms. The van der Waals surface area contributed by atoms with Gasteiger partial charge in [0, 0.05) is 22.2 Å². The van der Waals surface area contributed by atoms with Crippen LogP contribution < -0.4 is 5.56 Å². The quantitative estimate of drug-likeness (QED) is 0.265. The molecular weight excluding hydrogens is 482 g/mol. The summed E-state index contributed by atoms with van der Waals surface area (Å²) in [6.45, 7) is 1.98. The highest BCUT2D eigenvalue weighted by Gasteiger charge is 2.24. The Balaban J connectivity index is 1.63.